The summed E-state index contributed by atoms with van der Waals surface area (Å²) in [6.07, 6.45) is 3.35. The van der Waals surface area contributed by atoms with Crippen LogP contribution in [0, 0.1) is 0 Å². The number of nitrogens with one attached hydrogen (secondary N) is 1. The third-order valence-electron chi connectivity index (χ3n) is 4.78. The van der Waals surface area contributed by atoms with Gasteiger partial charge in [0.15, 0.2) is 0 Å². The molecule has 1 heterocycles. The van der Waals surface area contributed by atoms with Gasteiger partial charge in [0.1, 0.15) is 0 Å². The van der Waals surface area contributed by atoms with E-state index in [1.54, 1.807) is 17.0 Å². The maximum atomic E-state index is 12.7. The monoisotopic (exact) mass is 452 g/mol. The molecule has 1 amide bonds. The molecule has 8 heteroatoms. The standard InChI is InChI=1S/C21H22Cl2N2O3S/c22-18-9-8-17(15-19(18)23)20-7-4-13-25(20)21(26)10-12-24-29(27,28)14-11-16-5-2-1-3-6-16/h1-3,5-6,8-9,11,14-15,20,24H,4,7,10,12-13H2. The molecule has 3 rings (SSSR count). The average Bonchev–Trinajstić information content (AvgIpc) is 3.19. The first kappa shape index (κ1) is 21.8. The highest BCUT2D eigenvalue weighted by Gasteiger charge is 2.30. The van der Waals surface area contributed by atoms with Crippen LogP contribution >= 0.6 is 23.2 Å². The summed E-state index contributed by atoms with van der Waals surface area (Å²) in [6.45, 7) is 0.690. The SMILES string of the molecule is O=C(CCNS(=O)(=O)C=Cc1ccccc1)N1CCCC1c1ccc(Cl)c(Cl)c1. The highest BCUT2D eigenvalue weighted by molar-refractivity contribution is 7.92. The zero-order valence-corrected chi connectivity index (χ0v) is 18.1. The van der Waals surface area contributed by atoms with E-state index in [2.05, 4.69) is 4.72 Å². The van der Waals surface area contributed by atoms with E-state index < -0.39 is 10.0 Å². The van der Waals surface area contributed by atoms with Crippen molar-refractivity contribution in [3.05, 3.63) is 75.1 Å². The van der Waals surface area contributed by atoms with Crippen molar-refractivity contribution in [2.75, 3.05) is 13.1 Å². The highest BCUT2D eigenvalue weighted by atomic mass is 35.5. The molecule has 0 saturated carbocycles. The minimum absolute atomic E-state index is 0.0465. The van der Waals surface area contributed by atoms with Gasteiger partial charge in [0.05, 0.1) is 16.1 Å². The molecule has 1 unspecified atom stereocenters. The molecule has 2 aromatic rings. The molecule has 1 fully saturated rings. The third-order valence-corrected chi connectivity index (χ3v) is 6.62. The minimum atomic E-state index is -3.61. The predicted octanol–water partition coefficient (Wildman–Crippen LogP) is 4.64. The predicted molar refractivity (Wildman–Crippen MR) is 117 cm³/mol. The lowest BCUT2D eigenvalue weighted by Crippen LogP contribution is -2.33. The summed E-state index contributed by atoms with van der Waals surface area (Å²) < 4.78 is 26.7. The number of benzene rings is 2. The van der Waals surface area contributed by atoms with Crippen LogP contribution in [0.5, 0.6) is 0 Å². The average molecular weight is 453 g/mol. The van der Waals surface area contributed by atoms with Crippen molar-refractivity contribution in [3.63, 3.8) is 0 Å². The lowest BCUT2D eigenvalue weighted by atomic mass is 10.0. The van der Waals surface area contributed by atoms with Gasteiger partial charge in [-0.15, -0.1) is 0 Å². The molecule has 0 aromatic heterocycles. The van der Waals surface area contributed by atoms with Gasteiger partial charge in [-0.2, -0.15) is 0 Å². The van der Waals surface area contributed by atoms with Crippen molar-refractivity contribution >= 4 is 45.2 Å². The zero-order valence-electron chi connectivity index (χ0n) is 15.7. The van der Waals surface area contributed by atoms with Crippen molar-refractivity contribution in [1.29, 1.82) is 0 Å². The number of hydrogen-bond donors (Lipinski definition) is 1. The van der Waals surface area contributed by atoms with Crippen molar-refractivity contribution in [3.8, 4) is 0 Å². The van der Waals surface area contributed by atoms with Crippen LogP contribution in [-0.4, -0.2) is 32.3 Å². The molecule has 0 spiro atoms. The fourth-order valence-corrected chi connectivity index (χ4v) is 4.48. The van der Waals surface area contributed by atoms with Crippen molar-refractivity contribution < 1.29 is 13.2 Å². The van der Waals surface area contributed by atoms with Crippen LogP contribution in [0.25, 0.3) is 6.08 Å². The Bertz CT molecular complexity index is 994. The van der Waals surface area contributed by atoms with Gasteiger partial charge in [-0.3, -0.25) is 4.79 Å². The largest absolute Gasteiger partial charge is 0.336 e. The second-order valence-electron chi connectivity index (χ2n) is 6.82. The fraction of sp³-hybridized carbons (Fsp3) is 0.286. The molecule has 5 nitrogen and oxygen atoms in total. The highest BCUT2D eigenvalue weighted by Crippen LogP contribution is 2.35. The Balaban J connectivity index is 1.55. The van der Waals surface area contributed by atoms with Gasteiger partial charge >= 0.3 is 0 Å². The van der Waals surface area contributed by atoms with E-state index in [0.717, 1.165) is 29.4 Å². The van der Waals surface area contributed by atoms with Gasteiger partial charge in [-0.1, -0.05) is 59.6 Å². The summed E-state index contributed by atoms with van der Waals surface area (Å²) >= 11 is 12.1. The minimum Gasteiger partial charge on any atom is -0.336 e. The number of hydrogen-bond acceptors (Lipinski definition) is 3. The van der Waals surface area contributed by atoms with E-state index >= 15 is 0 Å². The molecule has 154 valence electrons. The molecular formula is C21H22Cl2N2O3S. The molecule has 0 bridgehead atoms. The Hall–Kier alpha value is -1.86. The lowest BCUT2D eigenvalue weighted by molar-refractivity contribution is -0.131. The molecular weight excluding hydrogens is 431 g/mol. The number of amides is 1. The molecule has 1 saturated heterocycles. The first-order chi connectivity index (χ1) is 13.9. The van der Waals surface area contributed by atoms with Crippen LogP contribution in [0.15, 0.2) is 53.9 Å². The smallest absolute Gasteiger partial charge is 0.233 e. The summed E-state index contributed by atoms with van der Waals surface area (Å²) in [5, 5.41) is 2.05. The van der Waals surface area contributed by atoms with Crippen LogP contribution < -0.4 is 4.72 Å². The Morgan fingerprint density at radius 1 is 1.14 bits per heavy atom. The second kappa shape index (κ2) is 9.76. The van der Waals surface area contributed by atoms with E-state index in [9.17, 15) is 13.2 Å². The molecule has 0 aliphatic carbocycles. The Morgan fingerprint density at radius 3 is 2.62 bits per heavy atom. The van der Waals surface area contributed by atoms with Crippen molar-refractivity contribution in [2.45, 2.75) is 25.3 Å². The van der Waals surface area contributed by atoms with Crippen LogP contribution in [0.4, 0.5) is 0 Å². The van der Waals surface area contributed by atoms with E-state index in [4.69, 9.17) is 23.2 Å². The van der Waals surface area contributed by atoms with Gasteiger partial charge in [-0.05, 0) is 42.2 Å². The summed E-state index contributed by atoms with van der Waals surface area (Å²) in [5.74, 6) is -0.0895. The van der Waals surface area contributed by atoms with Crippen LogP contribution in [0.2, 0.25) is 10.0 Å². The Labute approximate surface area is 181 Å². The maximum Gasteiger partial charge on any atom is 0.233 e. The van der Waals surface area contributed by atoms with E-state index in [1.165, 1.54) is 6.08 Å². The summed E-state index contributed by atoms with van der Waals surface area (Å²) in [5.41, 5.74) is 1.73. The van der Waals surface area contributed by atoms with Gasteiger partial charge in [-0.25, -0.2) is 13.1 Å². The zero-order chi connectivity index (χ0) is 20.9. The number of carbonyl (C=O) groups is 1. The Kier molecular flexibility index (Phi) is 7.35. The number of carbonyl (C=O) groups excluding carboxylic acids is 1. The quantitative estimate of drug-likeness (QED) is 0.665. The first-order valence-corrected chi connectivity index (χ1v) is 11.6. The van der Waals surface area contributed by atoms with Gasteiger partial charge in [0, 0.05) is 24.9 Å². The maximum absolute atomic E-state index is 12.7. The molecule has 1 aliphatic rings. The molecule has 29 heavy (non-hydrogen) atoms. The number of sulfonamides is 1. The van der Waals surface area contributed by atoms with E-state index in [-0.39, 0.29) is 24.9 Å². The summed E-state index contributed by atoms with van der Waals surface area (Å²) in [7, 11) is -3.61. The van der Waals surface area contributed by atoms with E-state index in [0.29, 0.717) is 16.6 Å². The van der Waals surface area contributed by atoms with Crippen LogP contribution in [0.1, 0.15) is 36.4 Å². The van der Waals surface area contributed by atoms with Gasteiger partial charge in [0.25, 0.3) is 0 Å². The molecule has 1 atom stereocenters. The second-order valence-corrected chi connectivity index (χ2v) is 9.29. The topological polar surface area (TPSA) is 66.5 Å². The van der Waals surface area contributed by atoms with Crippen molar-refractivity contribution in [1.82, 2.24) is 9.62 Å². The number of nitrogens with zero attached hydrogens (tertiary/aromatic N) is 1. The van der Waals surface area contributed by atoms with Crippen LogP contribution in [0.3, 0.4) is 0 Å². The lowest BCUT2D eigenvalue weighted by Gasteiger charge is -2.25. The number of rotatable bonds is 7. The van der Waals surface area contributed by atoms with Gasteiger partial charge < -0.3 is 4.90 Å². The molecule has 1 N–H and O–H groups in total. The fourth-order valence-electron chi connectivity index (χ4n) is 3.36. The summed E-state index contributed by atoms with van der Waals surface area (Å²) in [6, 6.07) is 14.5. The third kappa shape index (κ3) is 6.06. The Morgan fingerprint density at radius 2 is 1.90 bits per heavy atom. The molecule has 1 aliphatic heterocycles. The van der Waals surface area contributed by atoms with Gasteiger partial charge in [0.2, 0.25) is 15.9 Å². The summed E-state index contributed by atoms with van der Waals surface area (Å²) in [4.78, 5) is 14.4. The number of halogens is 2. The number of likely N-dealkylation sites (tertiary alicyclic amines) is 1. The van der Waals surface area contributed by atoms with Crippen molar-refractivity contribution in [2.24, 2.45) is 0 Å². The molecule has 0 radical (unpaired) electrons. The first-order valence-electron chi connectivity index (χ1n) is 9.33. The van der Waals surface area contributed by atoms with E-state index in [1.807, 2.05) is 36.4 Å². The van der Waals surface area contributed by atoms with Crippen LogP contribution in [-0.2, 0) is 14.8 Å². The normalized spacial score (nSPS) is 17.2. The molecule has 2 aromatic carbocycles.